The van der Waals surface area contributed by atoms with E-state index in [1.165, 1.54) is 0 Å². The number of benzene rings is 1. The third-order valence-electron chi connectivity index (χ3n) is 3.78. The largest absolute Gasteiger partial charge is 0.513 e. The van der Waals surface area contributed by atoms with Crippen LogP contribution in [0.4, 0.5) is 9.59 Å². The molecule has 0 aromatic heterocycles. The molecule has 0 saturated carbocycles. The average Bonchev–Trinajstić information content (AvgIpc) is 2.53. The van der Waals surface area contributed by atoms with Crippen LogP contribution in [0.1, 0.15) is 31.9 Å². The summed E-state index contributed by atoms with van der Waals surface area (Å²) in [6.45, 7) is 7.12. The van der Waals surface area contributed by atoms with Gasteiger partial charge in [0.05, 0.1) is 0 Å². The van der Waals surface area contributed by atoms with E-state index in [1.54, 1.807) is 45.9 Å². The van der Waals surface area contributed by atoms with Crippen molar-refractivity contribution in [2.24, 2.45) is 0 Å². The van der Waals surface area contributed by atoms with Gasteiger partial charge < -0.3 is 24.6 Å². The molecule has 9 heteroatoms. The first-order valence-corrected chi connectivity index (χ1v) is 12.5. The van der Waals surface area contributed by atoms with Crippen molar-refractivity contribution >= 4 is 28.2 Å². The molecule has 1 atom stereocenters. The highest BCUT2D eigenvalue weighted by Gasteiger charge is 2.24. The van der Waals surface area contributed by atoms with Gasteiger partial charge in [0.15, 0.2) is 0 Å². The summed E-state index contributed by atoms with van der Waals surface area (Å²) >= 11 is 0. The first-order valence-electron chi connectivity index (χ1n) is 9.49. The van der Waals surface area contributed by atoms with Gasteiger partial charge >= 0.3 is 18.2 Å². The topological polar surface area (TPSA) is 111 Å². The Kier molecular flexibility index (Phi) is 9.02. The van der Waals surface area contributed by atoms with Gasteiger partial charge in [0.1, 0.15) is 24.0 Å². The Morgan fingerprint density at radius 3 is 2.30 bits per heavy atom. The Balaban J connectivity index is 2.71. The van der Waals surface area contributed by atoms with Crippen molar-refractivity contribution in [3.05, 3.63) is 29.3 Å². The number of carbonyl (C=O) groups is 3. The number of ether oxygens (including phenoxy) is 3. The Morgan fingerprint density at radius 1 is 1.17 bits per heavy atom. The molecular weight excluding hydrogens is 410 g/mol. The molecule has 8 nitrogen and oxygen atoms in total. The molecule has 1 rings (SSSR count). The van der Waals surface area contributed by atoms with E-state index in [-0.39, 0.29) is 6.42 Å². The highest BCUT2D eigenvalue weighted by Crippen LogP contribution is 2.33. The maximum Gasteiger partial charge on any atom is 0.513 e. The standard InChI is InChI=1S/C21H33NO7S/c1-14-12-15(13-16(18(23)24)22-19(25)29-21(2,3)4)8-9-17(14)28-20(26)27-10-11-30(5,6)7/h8-9,12,16H,10-11,13H2,1-7H3,(H,22,25)(H,23,24)/t16-/m1/s1. The maximum absolute atomic E-state index is 11.9. The summed E-state index contributed by atoms with van der Waals surface area (Å²) in [4.78, 5) is 35.3. The van der Waals surface area contributed by atoms with Crippen molar-refractivity contribution in [3.63, 3.8) is 0 Å². The highest BCUT2D eigenvalue weighted by molar-refractivity contribution is 8.32. The van der Waals surface area contributed by atoms with Gasteiger partial charge in [0, 0.05) is 12.2 Å². The number of carboxylic acid groups (broad SMARTS) is 1. The van der Waals surface area contributed by atoms with Gasteiger partial charge in [0.2, 0.25) is 0 Å². The van der Waals surface area contributed by atoms with E-state index in [1.807, 2.05) is 0 Å². The fraction of sp³-hybridized carbons (Fsp3) is 0.571. The van der Waals surface area contributed by atoms with Crippen LogP contribution in [0, 0.1) is 6.92 Å². The monoisotopic (exact) mass is 443 g/mol. The maximum atomic E-state index is 11.9. The van der Waals surface area contributed by atoms with Crippen molar-refractivity contribution < 1.29 is 33.7 Å². The lowest BCUT2D eigenvalue weighted by atomic mass is 10.0. The third-order valence-corrected chi connectivity index (χ3v) is 5.17. The van der Waals surface area contributed by atoms with E-state index in [2.05, 4.69) is 24.1 Å². The Bertz CT molecular complexity index is 766. The smallest absolute Gasteiger partial charge is 0.480 e. The first kappa shape index (κ1) is 25.6. The minimum Gasteiger partial charge on any atom is -0.480 e. The molecule has 0 bridgehead atoms. The van der Waals surface area contributed by atoms with Gasteiger partial charge in [-0.2, -0.15) is 0 Å². The minimum atomic E-state index is -1.18. The quantitative estimate of drug-likeness (QED) is 0.465. The highest BCUT2D eigenvalue weighted by atomic mass is 32.3. The van der Waals surface area contributed by atoms with Gasteiger partial charge in [-0.25, -0.2) is 24.4 Å². The van der Waals surface area contributed by atoms with Crippen LogP contribution in [0.3, 0.4) is 0 Å². The fourth-order valence-corrected chi connectivity index (χ4v) is 2.92. The summed E-state index contributed by atoms with van der Waals surface area (Å²) in [5.74, 6) is -0.0523. The number of hydrogen-bond donors (Lipinski definition) is 2. The molecule has 0 aliphatic heterocycles. The van der Waals surface area contributed by atoms with Gasteiger partial charge in [-0.1, -0.05) is 12.1 Å². The van der Waals surface area contributed by atoms with E-state index >= 15 is 0 Å². The van der Waals surface area contributed by atoms with Gasteiger partial charge in [0.25, 0.3) is 0 Å². The summed E-state index contributed by atoms with van der Waals surface area (Å²) in [5, 5.41) is 11.8. The summed E-state index contributed by atoms with van der Waals surface area (Å²) in [6, 6.07) is 3.76. The van der Waals surface area contributed by atoms with Crippen LogP contribution >= 0.6 is 10.0 Å². The second-order valence-corrected chi connectivity index (χ2v) is 13.4. The summed E-state index contributed by atoms with van der Waals surface area (Å²) in [5.41, 5.74) is 0.575. The van der Waals surface area contributed by atoms with Crippen LogP contribution in [0.2, 0.25) is 0 Å². The molecule has 170 valence electrons. The molecule has 0 aliphatic rings. The number of amides is 1. The van der Waals surface area contributed by atoms with Gasteiger partial charge in [-0.3, -0.25) is 0 Å². The number of carbonyl (C=O) groups excluding carboxylic acids is 2. The Morgan fingerprint density at radius 2 is 1.80 bits per heavy atom. The Hall–Kier alpha value is -2.42. The number of nitrogens with one attached hydrogen (secondary N) is 1. The van der Waals surface area contributed by atoms with Crippen LogP contribution in [-0.2, 0) is 20.7 Å². The number of rotatable bonds is 8. The van der Waals surface area contributed by atoms with Gasteiger partial charge in [-0.15, -0.1) is 0 Å². The normalized spacial score (nSPS) is 13.2. The SMILES string of the molecule is Cc1cc(C[C@@H](NC(=O)OC(C)(C)C)C(=O)O)ccc1OC(=O)OCCS(C)(C)C. The van der Waals surface area contributed by atoms with E-state index in [0.29, 0.717) is 23.5 Å². The van der Waals surface area contributed by atoms with E-state index in [9.17, 15) is 19.5 Å². The molecule has 30 heavy (non-hydrogen) atoms. The van der Waals surface area contributed by atoms with E-state index in [0.717, 1.165) is 5.75 Å². The number of hydrogen-bond acceptors (Lipinski definition) is 6. The second-order valence-electron chi connectivity index (χ2n) is 8.84. The zero-order valence-corrected chi connectivity index (χ0v) is 19.6. The number of aliphatic carboxylic acids is 1. The predicted octanol–water partition coefficient (Wildman–Crippen LogP) is 3.72. The van der Waals surface area contributed by atoms with Crippen LogP contribution in [-0.4, -0.2) is 66.1 Å². The molecule has 1 aromatic rings. The molecule has 1 aromatic carbocycles. The number of aryl methyl sites for hydroxylation is 1. The second kappa shape index (κ2) is 10.6. The van der Waals surface area contributed by atoms with Crippen LogP contribution in [0.25, 0.3) is 0 Å². The lowest BCUT2D eigenvalue weighted by Crippen LogP contribution is -2.44. The van der Waals surface area contributed by atoms with Crippen molar-refractivity contribution in [2.75, 3.05) is 31.1 Å². The lowest BCUT2D eigenvalue weighted by molar-refractivity contribution is -0.139. The zero-order valence-electron chi connectivity index (χ0n) is 18.7. The average molecular weight is 444 g/mol. The molecule has 0 radical (unpaired) electrons. The van der Waals surface area contributed by atoms with Crippen LogP contribution in [0.5, 0.6) is 5.75 Å². The molecule has 0 saturated heterocycles. The van der Waals surface area contributed by atoms with E-state index in [4.69, 9.17) is 14.2 Å². The number of carboxylic acids is 1. The van der Waals surface area contributed by atoms with Crippen molar-refractivity contribution in [3.8, 4) is 5.75 Å². The minimum absolute atomic E-state index is 0.0501. The summed E-state index contributed by atoms with van der Waals surface area (Å²) in [6.07, 6.45) is 4.87. The summed E-state index contributed by atoms with van der Waals surface area (Å²) < 4.78 is 15.4. The molecular formula is C21H33NO7S. The molecule has 0 heterocycles. The number of alkyl carbamates (subject to hydrolysis) is 1. The van der Waals surface area contributed by atoms with E-state index < -0.39 is 39.9 Å². The third kappa shape index (κ3) is 10.4. The van der Waals surface area contributed by atoms with Crippen LogP contribution in [0.15, 0.2) is 18.2 Å². The molecule has 0 fully saturated rings. The summed E-state index contributed by atoms with van der Waals surface area (Å²) in [7, 11) is -0.764. The molecule has 0 aliphatic carbocycles. The Labute approximate surface area is 179 Å². The molecule has 1 amide bonds. The predicted molar refractivity (Wildman–Crippen MR) is 118 cm³/mol. The van der Waals surface area contributed by atoms with Crippen molar-refractivity contribution in [1.29, 1.82) is 0 Å². The van der Waals surface area contributed by atoms with Crippen molar-refractivity contribution in [2.45, 2.75) is 45.8 Å². The van der Waals surface area contributed by atoms with Crippen LogP contribution < -0.4 is 10.1 Å². The van der Waals surface area contributed by atoms with Crippen molar-refractivity contribution in [1.82, 2.24) is 5.32 Å². The molecule has 0 unspecified atom stereocenters. The fourth-order valence-electron chi connectivity index (χ4n) is 2.33. The molecule has 2 N–H and O–H groups in total. The molecule has 0 spiro atoms. The lowest BCUT2D eigenvalue weighted by Gasteiger charge is -2.24. The first-order chi connectivity index (χ1) is 13.7. The zero-order chi connectivity index (χ0) is 23.1. The van der Waals surface area contributed by atoms with Gasteiger partial charge in [-0.05, 0) is 63.7 Å².